The summed E-state index contributed by atoms with van der Waals surface area (Å²) in [4.78, 5) is 0. The Kier molecular flexibility index (Phi) is 6.39. The standard InChI is InChI=1S/C14H32Si3/c1-15(2,3)11-9-13-17(7,8)14-10-12-16(4,5)6/h9-10,13-14H,11-12H2,1-8H3/b13-9+,14-10+. The van der Waals surface area contributed by atoms with Crippen molar-refractivity contribution in [1.82, 2.24) is 0 Å². The molecule has 0 amide bonds. The molecule has 0 fully saturated rings. The largest absolute Gasteiger partial charge is 0.0950 e. The quantitative estimate of drug-likeness (QED) is 0.560. The van der Waals surface area contributed by atoms with Gasteiger partial charge in [0, 0.05) is 16.1 Å². The van der Waals surface area contributed by atoms with Crippen LogP contribution in [0.4, 0.5) is 0 Å². The normalized spacial score (nSPS) is 15.1. The Balaban J connectivity index is 4.29. The van der Waals surface area contributed by atoms with Crippen LogP contribution in [0, 0.1) is 0 Å². The Morgan fingerprint density at radius 2 is 0.882 bits per heavy atom. The SMILES string of the molecule is C[Si](C)(/C=C/C[Si](C)(C)C)/C=C/C[Si](C)(C)C. The minimum atomic E-state index is -1.22. The molecule has 0 spiro atoms. The van der Waals surface area contributed by atoms with Crippen LogP contribution in [-0.2, 0) is 0 Å². The molecule has 0 unspecified atom stereocenters. The Labute approximate surface area is 112 Å². The summed E-state index contributed by atoms with van der Waals surface area (Å²) in [5, 5.41) is 0. The molecule has 0 radical (unpaired) electrons. The second-order valence-electron chi connectivity index (χ2n) is 8.16. The molecule has 0 nitrogen and oxygen atoms in total. The fourth-order valence-corrected chi connectivity index (χ4v) is 5.17. The van der Waals surface area contributed by atoms with E-state index < -0.39 is 24.2 Å². The molecule has 0 aromatic carbocycles. The van der Waals surface area contributed by atoms with E-state index in [9.17, 15) is 0 Å². The molecular formula is C14H32Si3. The lowest BCUT2D eigenvalue weighted by Gasteiger charge is -2.17. The van der Waals surface area contributed by atoms with Gasteiger partial charge in [0.25, 0.3) is 0 Å². The van der Waals surface area contributed by atoms with Crippen molar-refractivity contribution in [2.75, 3.05) is 0 Å². The van der Waals surface area contributed by atoms with Gasteiger partial charge >= 0.3 is 0 Å². The zero-order chi connectivity index (χ0) is 13.7. The van der Waals surface area contributed by atoms with Gasteiger partial charge in [-0.15, -0.1) is 0 Å². The van der Waals surface area contributed by atoms with Gasteiger partial charge in [-0.05, 0) is 12.1 Å². The van der Waals surface area contributed by atoms with Crippen molar-refractivity contribution in [3.63, 3.8) is 0 Å². The van der Waals surface area contributed by atoms with E-state index >= 15 is 0 Å². The fraction of sp³-hybridized carbons (Fsp3) is 0.714. The summed E-state index contributed by atoms with van der Waals surface area (Å²) in [6, 6.07) is 2.65. The monoisotopic (exact) mass is 284 g/mol. The van der Waals surface area contributed by atoms with Crippen molar-refractivity contribution in [3.8, 4) is 0 Å². The smallest absolute Gasteiger partial charge is 0.0947 e. The zero-order valence-electron chi connectivity index (χ0n) is 13.2. The first-order valence-corrected chi connectivity index (χ1v) is 17.3. The van der Waals surface area contributed by atoms with Crippen LogP contribution in [-0.4, -0.2) is 24.2 Å². The maximum absolute atomic E-state index is 2.52. The van der Waals surface area contributed by atoms with E-state index in [1.165, 1.54) is 12.1 Å². The Bertz CT molecular complexity index is 247. The van der Waals surface area contributed by atoms with E-state index in [1.54, 1.807) is 0 Å². The van der Waals surface area contributed by atoms with Gasteiger partial charge in [-0.25, -0.2) is 0 Å². The molecule has 0 N–H and O–H groups in total. The molecule has 0 saturated heterocycles. The molecular weight excluding hydrogens is 252 g/mol. The number of hydrogen-bond acceptors (Lipinski definition) is 0. The molecule has 100 valence electrons. The summed E-state index contributed by atoms with van der Waals surface area (Å²) in [5.74, 6) is 0. The third kappa shape index (κ3) is 12.4. The maximum atomic E-state index is 2.52. The average molecular weight is 285 g/mol. The molecule has 0 aliphatic carbocycles. The number of rotatable bonds is 6. The van der Waals surface area contributed by atoms with E-state index in [0.29, 0.717) is 0 Å². The zero-order valence-corrected chi connectivity index (χ0v) is 16.2. The Hall–Kier alpha value is 0.131. The van der Waals surface area contributed by atoms with Gasteiger partial charge in [-0.1, -0.05) is 75.9 Å². The lowest BCUT2D eigenvalue weighted by Crippen LogP contribution is -2.22. The molecule has 0 atom stereocenters. The van der Waals surface area contributed by atoms with Crippen LogP contribution in [0.1, 0.15) is 0 Å². The highest BCUT2D eigenvalue weighted by Gasteiger charge is 2.15. The highest BCUT2D eigenvalue weighted by atomic mass is 28.3. The van der Waals surface area contributed by atoms with E-state index in [1.807, 2.05) is 0 Å². The summed E-state index contributed by atoms with van der Waals surface area (Å²) >= 11 is 0. The summed E-state index contributed by atoms with van der Waals surface area (Å²) in [6.07, 6.45) is 4.91. The molecule has 0 rings (SSSR count). The van der Waals surface area contributed by atoms with Crippen LogP contribution >= 0.6 is 0 Å². The van der Waals surface area contributed by atoms with E-state index in [-0.39, 0.29) is 0 Å². The average Bonchev–Trinajstić information content (AvgIpc) is 1.96. The van der Waals surface area contributed by atoms with Crippen molar-refractivity contribution < 1.29 is 0 Å². The van der Waals surface area contributed by atoms with E-state index in [0.717, 1.165) is 0 Å². The molecule has 0 aromatic rings. The fourth-order valence-electron chi connectivity index (χ4n) is 1.49. The molecule has 0 aromatic heterocycles. The van der Waals surface area contributed by atoms with Crippen LogP contribution < -0.4 is 0 Å². The second kappa shape index (κ2) is 6.34. The molecule has 0 bridgehead atoms. The molecule has 0 saturated carbocycles. The summed E-state index contributed by atoms with van der Waals surface area (Å²) in [5.41, 5.74) is 5.04. The van der Waals surface area contributed by atoms with Crippen molar-refractivity contribution in [3.05, 3.63) is 23.6 Å². The van der Waals surface area contributed by atoms with Crippen molar-refractivity contribution in [1.29, 1.82) is 0 Å². The predicted molar refractivity (Wildman–Crippen MR) is 92.1 cm³/mol. The molecule has 3 heteroatoms. The molecule has 0 heterocycles. The van der Waals surface area contributed by atoms with E-state index in [2.05, 4.69) is 75.9 Å². The van der Waals surface area contributed by atoms with Gasteiger partial charge in [0.15, 0.2) is 0 Å². The van der Waals surface area contributed by atoms with Crippen molar-refractivity contribution >= 4 is 24.2 Å². The molecule has 0 aliphatic rings. The maximum Gasteiger partial charge on any atom is 0.0947 e. The first kappa shape index (κ1) is 17.1. The second-order valence-corrected chi connectivity index (χ2v) is 23.5. The highest BCUT2D eigenvalue weighted by molar-refractivity contribution is 6.87. The Morgan fingerprint density at radius 1 is 0.588 bits per heavy atom. The van der Waals surface area contributed by atoms with Crippen LogP contribution in [0.2, 0.25) is 64.5 Å². The van der Waals surface area contributed by atoms with Gasteiger partial charge in [0.2, 0.25) is 0 Å². The van der Waals surface area contributed by atoms with Gasteiger partial charge in [0.05, 0.1) is 8.07 Å². The van der Waals surface area contributed by atoms with Gasteiger partial charge in [-0.2, -0.15) is 0 Å². The summed E-state index contributed by atoms with van der Waals surface area (Å²) in [6.45, 7) is 19.5. The lowest BCUT2D eigenvalue weighted by molar-refractivity contribution is 1.50. The summed E-state index contributed by atoms with van der Waals surface area (Å²) < 4.78 is 0. The number of hydrogen-bond donors (Lipinski definition) is 0. The Morgan fingerprint density at radius 3 is 1.12 bits per heavy atom. The van der Waals surface area contributed by atoms with Crippen molar-refractivity contribution in [2.45, 2.75) is 64.5 Å². The van der Waals surface area contributed by atoms with E-state index in [4.69, 9.17) is 0 Å². The summed E-state index contributed by atoms with van der Waals surface area (Å²) in [7, 11) is -3.02. The predicted octanol–water partition coefficient (Wildman–Crippen LogP) is 5.56. The first-order chi connectivity index (χ1) is 7.41. The highest BCUT2D eigenvalue weighted by Crippen LogP contribution is 2.14. The van der Waals surface area contributed by atoms with Crippen LogP contribution in [0.15, 0.2) is 23.6 Å². The lowest BCUT2D eigenvalue weighted by atomic mass is 10.7. The third-order valence-corrected chi connectivity index (χ3v) is 7.67. The number of allylic oxidation sites excluding steroid dienone is 2. The van der Waals surface area contributed by atoms with Gasteiger partial charge < -0.3 is 0 Å². The van der Waals surface area contributed by atoms with Crippen LogP contribution in [0.5, 0.6) is 0 Å². The first-order valence-electron chi connectivity index (χ1n) is 6.77. The minimum Gasteiger partial charge on any atom is -0.0950 e. The topological polar surface area (TPSA) is 0 Å². The molecule has 0 aliphatic heterocycles. The minimum absolute atomic E-state index is 0.900. The van der Waals surface area contributed by atoms with Gasteiger partial charge in [0.1, 0.15) is 0 Å². The van der Waals surface area contributed by atoms with Crippen LogP contribution in [0.3, 0.4) is 0 Å². The van der Waals surface area contributed by atoms with Crippen LogP contribution in [0.25, 0.3) is 0 Å². The third-order valence-electron chi connectivity index (χ3n) is 2.56. The van der Waals surface area contributed by atoms with Crippen molar-refractivity contribution in [2.24, 2.45) is 0 Å². The molecule has 17 heavy (non-hydrogen) atoms. The van der Waals surface area contributed by atoms with Gasteiger partial charge in [-0.3, -0.25) is 0 Å².